The molecule has 0 spiro atoms. The van der Waals surface area contributed by atoms with Gasteiger partial charge in [-0.15, -0.1) is 13.2 Å². The first-order valence-corrected chi connectivity index (χ1v) is 8.69. The van der Waals surface area contributed by atoms with Crippen LogP contribution in [0, 0.1) is 0 Å². The van der Waals surface area contributed by atoms with Gasteiger partial charge in [0.25, 0.3) is 0 Å². The summed E-state index contributed by atoms with van der Waals surface area (Å²) in [5, 5.41) is 9.76. The summed E-state index contributed by atoms with van der Waals surface area (Å²) in [6.45, 7) is 3.33. The quantitative estimate of drug-likeness (QED) is 0.476. The number of rotatable bonds is 3. The zero-order valence-corrected chi connectivity index (χ0v) is 11.2. The van der Waals surface area contributed by atoms with Crippen molar-refractivity contribution in [3.63, 3.8) is 0 Å². The van der Waals surface area contributed by atoms with E-state index in [9.17, 15) is 5.11 Å². The predicted octanol–water partition coefficient (Wildman–Crippen LogP) is 1.10. The van der Waals surface area contributed by atoms with Crippen molar-refractivity contribution in [3.8, 4) is 0 Å². The Kier molecular flexibility index (Phi) is 4.34. The summed E-state index contributed by atoms with van der Waals surface area (Å²) in [5.74, 6) is 0. The molecule has 2 radical (unpaired) electrons. The molecule has 2 nitrogen and oxygen atoms in total. The van der Waals surface area contributed by atoms with E-state index in [0.29, 0.717) is 0 Å². The Morgan fingerprint density at radius 3 is 2.50 bits per heavy atom. The van der Waals surface area contributed by atoms with Crippen molar-refractivity contribution < 1.29 is 9.84 Å². The molecule has 1 saturated heterocycles. The molecule has 0 aromatic carbocycles. The lowest BCUT2D eigenvalue weighted by molar-refractivity contribution is 0.0312. The van der Waals surface area contributed by atoms with Crippen molar-refractivity contribution in [2.45, 2.75) is 29.5 Å². The van der Waals surface area contributed by atoms with E-state index in [1.54, 1.807) is 0 Å². The van der Waals surface area contributed by atoms with Gasteiger partial charge in [0.1, 0.15) is 7.85 Å². The van der Waals surface area contributed by atoms with E-state index in [4.69, 9.17) is 12.6 Å². The summed E-state index contributed by atoms with van der Waals surface area (Å²) in [7, 11) is 5.66. The van der Waals surface area contributed by atoms with Crippen LogP contribution < -0.4 is 0 Å². The fourth-order valence-corrected chi connectivity index (χ4v) is 2.89. The first kappa shape index (κ1) is 12.8. The normalized spacial score (nSPS) is 38.9. The molecule has 1 N–H and O–H groups in total. The van der Waals surface area contributed by atoms with Crippen LogP contribution in [0.2, 0.25) is 0 Å². The summed E-state index contributed by atoms with van der Waals surface area (Å²) in [6, 6.07) is -0.388. The molecule has 1 aliphatic rings. The zero-order chi connectivity index (χ0) is 10.9. The molecule has 80 valence electrons. The lowest BCUT2D eigenvalue weighted by atomic mass is 9.96. The molecule has 1 heterocycles. The maximum absolute atomic E-state index is 9.76. The minimum absolute atomic E-state index is 0.129. The minimum Gasteiger partial charge on any atom is -0.389 e. The van der Waals surface area contributed by atoms with Crippen LogP contribution in [-0.2, 0) is 4.74 Å². The summed E-state index contributed by atoms with van der Waals surface area (Å²) in [5.41, 5.74) is 0. The van der Waals surface area contributed by atoms with E-state index in [1.165, 1.54) is 0 Å². The summed E-state index contributed by atoms with van der Waals surface area (Å²) < 4.78 is 5.45. The van der Waals surface area contributed by atoms with Crippen LogP contribution in [0.1, 0.15) is 6.42 Å². The number of ether oxygens (including phenoxy) is 1. The van der Waals surface area contributed by atoms with Crippen molar-refractivity contribution >= 4 is 37.0 Å². The topological polar surface area (TPSA) is 29.5 Å². The van der Waals surface area contributed by atoms with Crippen LogP contribution >= 0.6 is 22.8 Å². The summed E-state index contributed by atoms with van der Waals surface area (Å²) >= 11 is 3.32. The average molecular weight is 279 g/mol. The summed E-state index contributed by atoms with van der Waals surface area (Å²) in [6.07, 6.45) is 5.38. The molecule has 0 bridgehead atoms. The molecule has 1 rings (SSSR count). The van der Waals surface area contributed by atoms with Crippen LogP contribution in [0.3, 0.4) is 0 Å². The number of aliphatic hydroxyl groups is 1. The number of alkyl halides is 1. The van der Waals surface area contributed by atoms with Crippen LogP contribution in [0.4, 0.5) is 0 Å². The van der Waals surface area contributed by atoms with Crippen LogP contribution in [0.5, 0.6) is 0 Å². The maximum Gasteiger partial charge on any atom is 0.110 e. The lowest BCUT2D eigenvalue weighted by Crippen LogP contribution is -2.28. The van der Waals surface area contributed by atoms with E-state index in [1.807, 2.05) is 0 Å². The Bertz CT molecular complexity index is 243. The molecule has 0 aliphatic carbocycles. The number of hydrogen-bond acceptors (Lipinski definition) is 2. The largest absolute Gasteiger partial charge is 0.389 e. The van der Waals surface area contributed by atoms with E-state index in [2.05, 4.69) is 35.6 Å². The van der Waals surface area contributed by atoms with Crippen molar-refractivity contribution in [1.82, 2.24) is 0 Å². The van der Waals surface area contributed by atoms with Crippen molar-refractivity contribution in [2.75, 3.05) is 19.5 Å². The van der Waals surface area contributed by atoms with Gasteiger partial charge in [0.2, 0.25) is 0 Å². The molecular weight excluding hydrogens is 262 g/mol. The first-order chi connectivity index (χ1) is 6.31. The Morgan fingerprint density at radius 1 is 1.57 bits per heavy atom. The van der Waals surface area contributed by atoms with Gasteiger partial charge in [-0.25, -0.2) is 0 Å². The van der Waals surface area contributed by atoms with Gasteiger partial charge >= 0.3 is 0 Å². The number of aliphatic hydroxyl groups excluding tert-OH is 1. The Morgan fingerprint density at radius 2 is 2.14 bits per heavy atom. The van der Waals surface area contributed by atoms with E-state index >= 15 is 0 Å². The van der Waals surface area contributed by atoms with Crippen molar-refractivity contribution in [3.05, 3.63) is 0 Å². The highest BCUT2D eigenvalue weighted by Gasteiger charge is 2.38. The molecular formula is C9H17BBrO2P. The Balaban J connectivity index is 2.44. The van der Waals surface area contributed by atoms with Crippen LogP contribution in [-0.4, -0.2) is 61.8 Å². The lowest BCUT2D eigenvalue weighted by Gasteiger charge is -2.18. The molecule has 1 aliphatic heterocycles. The van der Waals surface area contributed by atoms with E-state index < -0.39 is 13.0 Å². The highest BCUT2D eigenvalue weighted by molar-refractivity contribution is 9.09. The van der Waals surface area contributed by atoms with Crippen LogP contribution in [0.15, 0.2) is 0 Å². The van der Waals surface area contributed by atoms with Gasteiger partial charge in [-0.3, -0.25) is 0 Å². The van der Waals surface area contributed by atoms with Gasteiger partial charge < -0.3 is 9.84 Å². The SMILES string of the molecule is [B][C@@H]1O[C@H](CCP(=C)(C)C)[C@@H](O)C1Br. The second kappa shape index (κ2) is 4.73. The average Bonchev–Trinajstić information content (AvgIpc) is 2.28. The van der Waals surface area contributed by atoms with Gasteiger partial charge in [-0.05, 0) is 25.9 Å². The molecule has 5 heteroatoms. The van der Waals surface area contributed by atoms with E-state index in [-0.39, 0.29) is 16.9 Å². The van der Waals surface area contributed by atoms with Crippen LogP contribution in [0.25, 0.3) is 0 Å². The first-order valence-electron chi connectivity index (χ1n) is 4.72. The minimum atomic E-state index is -1.03. The molecule has 4 atom stereocenters. The molecule has 1 fully saturated rings. The third-order valence-electron chi connectivity index (χ3n) is 2.37. The third-order valence-corrected chi connectivity index (χ3v) is 4.90. The Hall–Kier alpha value is 0.765. The zero-order valence-electron chi connectivity index (χ0n) is 8.69. The number of halogens is 1. The fourth-order valence-electron chi connectivity index (χ4n) is 1.47. The Labute approximate surface area is 95.9 Å². The smallest absolute Gasteiger partial charge is 0.110 e. The van der Waals surface area contributed by atoms with E-state index in [0.717, 1.165) is 12.6 Å². The second-order valence-corrected chi connectivity index (χ2v) is 9.90. The molecule has 14 heavy (non-hydrogen) atoms. The highest BCUT2D eigenvalue weighted by atomic mass is 79.9. The predicted molar refractivity (Wildman–Crippen MR) is 68.5 cm³/mol. The maximum atomic E-state index is 9.76. The highest BCUT2D eigenvalue weighted by Crippen LogP contribution is 2.38. The third kappa shape index (κ3) is 3.41. The molecule has 0 aromatic rings. The second-order valence-electron chi connectivity index (χ2n) is 4.52. The van der Waals surface area contributed by atoms with Gasteiger partial charge in [-0.1, -0.05) is 15.9 Å². The fraction of sp³-hybridized carbons (Fsp3) is 0.889. The van der Waals surface area contributed by atoms with Gasteiger partial charge in [0.15, 0.2) is 0 Å². The van der Waals surface area contributed by atoms with Gasteiger partial charge in [-0.2, -0.15) is 0 Å². The number of hydrogen-bond donors (Lipinski definition) is 1. The monoisotopic (exact) mass is 278 g/mol. The van der Waals surface area contributed by atoms with Gasteiger partial charge in [0, 0.05) is 6.00 Å². The van der Waals surface area contributed by atoms with Crippen molar-refractivity contribution in [2.24, 2.45) is 0 Å². The van der Waals surface area contributed by atoms with Gasteiger partial charge in [0.05, 0.1) is 17.0 Å². The molecule has 0 aromatic heterocycles. The summed E-state index contributed by atoms with van der Waals surface area (Å²) in [4.78, 5) is -0.140. The standard InChI is InChI=1S/C9H17BBrO2P/c1-14(2,3)5-4-6-8(12)7(11)9(10)13-6/h6-9,12H,1,4-5H2,2-3H3/t6-,7?,8-,9-/m1/s1. The van der Waals surface area contributed by atoms with Crippen molar-refractivity contribution in [1.29, 1.82) is 0 Å². The molecule has 1 unspecified atom stereocenters. The molecule has 0 amide bonds. The molecule has 0 saturated carbocycles.